The third-order valence-electron chi connectivity index (χ3n) is 8.64. The first kappa shape index (κ1) is 44.6. The number of carbonyl (C=O) groups excluding carboxylic acids is 6. The summed E-state index contributed by atoms with van der Waals surface area (Å²) in [7, 11) is 0. The number of rotatable bonds is 8. The Morgan fingerprint density at radius 3 is 1.48 bits per heavy atom. The molecule has 1 fully saturated rings. The molecule has 0 bridgehead atoms. The molecule has 0 spiro atoms. The molecule has 2 aliphatic heterocycles. The van der Waals surface area contributed by atoms with Crippen LogP contribution in [-0.4, -0.2) is 85.5 Å². The second kappa shape index (κ2) is 15.8. The largest absolute Gasteiger partial charge is 0.462 e. The lowest BCUT2D eigenvalue weighted by Gasteiger charge is -2.46. The van der Waals surface area contributed by atoms with Crippen molar-refractivity contribution in [2.75, 3.05) is 6.61 Å². The van der Waals surface area contributed by atoms with E-state index in [0.29, 0.717) is 11.1 Å². The lowest BCUT2D eigenvalue weighted by Crippen LogP contribution is -2.65. The summed E-state index contributed by atoms with van der Waals surface area (Å²) in [4.78, 5) is 79.6. The van der Waals surface area contributed by atoms with Gasteiger partial charge in [0, 0.05) is 6.08 Å². The fraction of sp³-hybridized carbons (Fsp3) is 0.750. The maximum atomic E-state index is 13.6. The summed E-state index contributed by atoms with van der Waals surface area (Å²) in [6, 6.07) is 0. The molecule has 0 aromatic rings. The molecule has 0 saturated carbocycles. The fourth-order valence-electron chi connectivity index (χ4n) is 5.21. The van der Waals surface area contributed by atoms with Crippen molar-refractivity contribution in [2.45, 2.75) is 154 Å². The van der Waals surface area contributed by atoms with Gasteiger partial charge < -0.3 is 37.9 Å². The summed E-state index contributed by atoms with van der Waals surface area (Å²) in [5.41, 5.74) is -3.92. The fourth-order valence-corrected chi connectivity index (χ4v) is 5.21. The minimum Gasteiger partial charge on any atom is -0.462 e. The minimum absolute atomic E-state index is 0.397. The summed E-state index contributed by atoms with van der Waals surface area (Å²) in [6.45, 7) is 25.9. The van der Waals surface area contributed by atoms with E-state index in [0.717, 1.165) is 0 Å². The van der Waals surface area contributed by atoms with Gasteiger partial charge in [-0.3, -0.25) is 24.0 Å². The second-order valence-corrected chi connectivity index (χ2v) is 19.3. The Hall–Kier alpha value is -3.78. The zero-order chi connectivity index (χ0) is 41.5. The Bertz CT molecular complexity index is 1540. The molecule has 3 aliphatic rings. The van der Waals surface area contributed by atoms with Crippen LogP contribution in [0.3, 0.4) is 0 Å². The molecular formula is C40H60O14. The first-order chi connectivity index (χ1) is 24.3. The predicted molar refractivity (Wildman–Crippen MR) is 193 cm³/mol. The highest BCUT2D eigenvalue weighted by Gasteiger charge is 2.57. The van der Waals surface area contributed by atoms with Crippen LogP contribution in [0.25, 0.3) is 0 Å². The highest BCUT2D eigenvalue weighted by atomic mass is 16.8. The van der Waals surface area contributed by atoms with Gasteiger partial charge in [0.2, 0.25) is 12.6 Å². The van der Waals surface area contributed by atoms with Crippen molar-refractivity contribution in [3.8, 4) is 0 Å². The number of cyclic esters (lactones) is 1. The first-order valence-corrected chi connectivity index (χ1v) is 18.2. The van der Waals surface area contributed by atoms with E-state index in [1.54, 1.807) is 117 Å². The van der Waals surface area contributed by atoms with Gasteiger partial charge in [-0.05, 0) is 122 Å². The van der Waals surface area contributed by atoms with E-state index < -0.39 is 119 Å². The highest BCUT2D eigenvalue weighted by Crippen LogP contribution is 2.43. The summed E-state index contributed by atoms with van der Waals surface area (Å²) >= 11 is 0. The normalized spacial score (nSPS) is 27.7. The van der Waals surface area contributed by atoms with Gasteiger partial charge in [0.15, 0.2) is 18.3 Å². The van der Waals surface area contributed by atoms with E-state index in [-0.39, 0.29) is 0 Å². The zero-order valence-corrected chi connectivity index (χ0v) is 34.7. The van der Waals surface area contributed by atoms with E-state index in [1.165, 1.54) is 6.08 Å². The SMILES string of the molecule is CC1=C[C@@H](OC(=O)C(C)(C)C)C2=CC(=O)O[C@@H](O[C@@H]3O[C@H](COC(=O)C(C)(C)C)[C@@H](OC(=O)C(C)(C)C)[C@H](OC(=O)C(C)(C)C)[C@H]3OC(=O)C(C)(C)C)[C@H]12. The van der Waals surface area contributed by atoms with Gasteiger partial charge in [0.25, 0.3) is 0 Å². The van der Waals surface area contributed by atoms with Crippen molar-refractivity contribution in [3.05, 3.63) is 23.3 Å². The van der Waals surface area contributed by atoms with Crippen LogP contribution in [0.2, 0.25) is 0 Å². The van der Waals surface area contributed by atoms with Gasteiger partial charge in [-0.1, -0.05) is 5.57 Å². The van der Waals surface area contributed by atoms with Crippen LogP contribution in [0.5, 0.6) is 0 Å². The van der Waals surface area contributed by atoms with Crippen molar-refractivity contribution >= 4 is 35.8 Å². The Morgan fingerprint density at radius 1 is 0.593 bits per heavy atom. The van der Waals surface area contributed by atoms with E-state index in [9.17, 15) is 28.8 Å². The number of esters is 6. The Labute approximate surface area is 318 Å². The Kier molecular flexibility index (Phi) is 13.0. The van der Waals surface area contributed by atoms with Crippen LogP contribution in [-0.2, 0) is 66.7 Å². The second-order valence-electron chi connectivity index (χ2n) is 19.3. The van der Waals surface area contributed by atoms with E-state index in [2.05, 4.69) is 0 Å². The van der Waals surface area contributed by atoms with Gasteiger partial charge in [-0.2, -0.15) is 0 Å². The third-order valence-corrected chi connectivity index (χ3v) is 8.64. The summed E-state index contributed by atoms with van der Waals surface area (Å²) < 4.78 is 48.0. The number of hydrogen-bond acceptors (Lipinski definition) is 14. The highest BCUT2D eigenvalue weighted by molar-refractivity contribution is 5.85. The first-order valence-electron chi connectivity index (χ1n) is 18.2. The van der Waals surface area contributed by atoms with Crippen LogP contribution < -0.4 is 0 Å². The van der Waals surface area contributed by atoms with Crippen LogP contribution in [0.1, 0.15) is 111 Å². The quantitative estimate of drug-likeness (QED) is 0.171. The Morgan fingerprint density at radius 2 is 1.02 bits per heavy atom. The molecule has 1 saturated heterocycles. The van der Waals surface area contributed by atoms with Gasteiger partial charge in [0.1, 0.15) is 18.8 Å². The molecular weight excluding hydrogens is 704 g/mol. The van der Waals surface area contributed by atoms with Crippen LogP contribution in [0, 0.1) is 33.0 Å². The minimum atomic E-state index is -1.65. The van der Waals surface area contributed by atoms with Gasteiger partial charge in [0.05, 0.1) is 33.0 Å². The lowest BCUT2D eigenvalue weighted by molar-refractivity contribution is -0.342. The molecule has 0 aromatic heterocycles. The number of carbonyl (C=O) groups is 6. The molecule has 2 heterocycles. The van der Waals surface area contributed by atoms with Crippen LogP contribution in [0.4, 0.5) is 0 Å². The maximum Gasteiger partial charge on any atom is 0.333 e. The molecule has 0 N–H and O–H groups in total. The molecule has 54 heavy (non-hydrogen) atoms. The van der Waals surface area contributed by atoms with E-state index in [1.807, 2.05) is 0 Å². The molecule has 0 aromatic carbocycles. The van der Waals surface area contributed by atoms with Crippen molar-refractivity contribution < 1.29 is 66.7 Å². The molecule has 0 unspecified atom stereocenters. The molecule has 0 radical (unpaired) electrons. The van der Waals surface area contributed by atoms with Crippen molar-refractivity contribution in [1.82, 2.24) is 0 Å². The van der Waals surface area contributed by atoms with Crippen molar-refractivity contribution in [2.24, 2.45) is 33.0 Å². The molecule has 304 valence electrons. The summed E-state index contributed by atoms with van der Waals surface area (Å²) in [6.07, 6.45) is -7.05. The van der Waals surface area contributed by atoms with Crippen LogP contribution in [0.15, 0.2) is 23.3 Å². The number of ether oxygens (including phenoxy) is 8. The zero-order valence-electron chi connectivity index (χ0n) is 34.7. The van der Waals surface area contributed by atoms with Crippen molar-refractivity contribution in [3.63, 3.8) is 0 Å². The van der Waals surface area contributed by atoms with Crippen LogP contribution >= 0.6 is 0 Å². The van der Waals surface area contributed by atoms with E-state index >= 15 is 0 Å². The smallest absolute Gasteiger partial charge is 0.333 e. The lowest BCUT2D eigenvalue weighted by atomic mass is 9.92. The van der Waals surface area contributed by atoms with Crippen molar-refractivity contribution in [1.29, 1.82) is 0 Å². The number of hydrogen-bond donors (Lipinski definition) is 0. The molecule has 0 amide bonds. The predicted octanol–water partition coefficient (Wildman–Crippen LogP) is 5.53. The Balaban J connectivity index is 2.18. The topological polar surface area (TPSA) is 176 Å². The molecule has 14 heteroatoms. The standard InChI is InChI=1S/C40H60O14/c1-20-17-22(49-32(43)37(5,6)7)21-18-24(41)50-29(25(20)21)54-30-28(53-35(46)40(14,15)16)27(52-34(45)39(11,12)13)26(51-33(44)38(8,9)10)23(48-30)19-47-31(42)36(2,3)4/h17-18,22-23,25-30H,19H2,1-16H3/t22-,23-,25-,26-,27+,28-,29+,30+/m1/s1. The van der Waals surface area contributed by atoms with Gasteiger partial charge in [-0.15, -0.1) is 0 Å². The number of fused-ring (bicyclic) bond motifs is 1. The third kappa shape index (κ3) is 10.9. The van der Waals surface area contributed by atoms with E-state index in [4.69, 9.17) is 37.9 Å². The molecule has 3 rings (SSSR count). The molecule has 8 atom stereocenters. The average Bonchev–Trinajstić information content (AvgIpc) is 3.30. The molecule has 14 nitrogen and oxygen atoms in total. The monoisotopic (exact) mass is 764 g/mol. The summed E-state index contributed by atoms with van der Waals surface area (Å²) in [5, 5.41) is 0. The van der Waals surface area contributed by atoms with Gasteiger partial charge in [-0.25, -0.2) is 4.79 Å². The average molecular weight is 765 g/mol. The maximum absolute atomic E-state index is 13.6. The molecule has 1 aliphatic carbocycles. The van der Waals surface area contributed by atoms with Gasteiger partial charge >= 0.3 is 35.8 Å². The summed E-state index contributed by atoms with van der Waals surface area (Å²) in [5.74, 6) is -4.84.